The van der Waals surface area contributed by atoms with Gasteiger partial charge in [0.2, 0.25) is 0 Å². The molecule has 1 aliphatic carbocycles. The summed E-state index contributed by atoms with van der Waals surface area (Å²) in [4.78, 5) is 38.0. The highest BCUT2D eigenvalue weighted by Gasteiger charge is 2.27. The molecule has 2 aromatic carbocycles. The quantitative estimate of drug-likeness (QED) is 0.401. The molecule has 1 saturated carbocycles. The molecule has 172 valence electrons. The summed E-state index contributed by atoms with van der Waals surface area (Å²) in [7, 11) is 1.34. The molecule has 0 spiro atoms. The molecule has 1 fully saturated rings. The number of aromatic amines is 1. The third kappa shape index (κ3) is 5.14. The standard InChI is InChI=1S/C26H28N2O5/c1-32-26(31)23(27)12-21-13-28-24-9-8-20(11-22(21)24)19-7-4-17(10-19)15-33-25(30)18-5-2-16(14-29)3-6-18/h2-3,5-6,8-9,11,13-14,17,19,23,28H,4,7,10,12,15,27H2,1H3/t17?,19?,23-/m1/s1. The number of carbonyl (C=O) groups excluding carboxylic acids is 3. The van der Waals surface area contributed by atoms with Crippen LogP contribution in [0.2, 0.25) is 0 Å². The third-order valence-electron chi connectivity index (χ3n) is 6.48. The van der Waals surface area contributed by atoms with Gasteiger partial charge >= 0.3 is 11.9 Å². The Balaban J connectivity index is 1.37. The van der Waals surface area contributed by atoms with Gasteiger partial charge in [-0.2, -0.15) is 0 Å². The van der Waals surface area contributed by atoms with Gasteiger partial charge in [-0.3, -0.25) is 9.59 Å². The highest BCUT2D eigenvalue weighted by Crippen LogP contribution is 2.39. The zero-order valence-electron chi connectivity index (χ0n) is 18.6. The van der Waals surface area contributed by atoms with Gasteiger partial charge in [0.25, 0.3) is 0 Å². The number of hydrogen-bond donors (Lipinski definition) is 2. The Kier molecular flexibility index (Phi) is 6.89. The Morgan fingerprint density at radius 3 is 2.70 bits per heavy atom. The SMILES string of the molecule is COC(=O)[C@H](N)Cc1c[nH]c2ccc(C3CCC(COC(=O)c4ccc(C=O)cc4)C3)cc12. The van der Waals surface area contributed by atoms with E-state index in [0.29, 0.717) is 36.0 Å². The maximum absolute atomic E-state index is 12.3. The number of aromatic nitrogens is 1. The molecule has 3 aromatic rings. The molecule has 0 radical (unpaired) electrons. The van der Waals surface area contributed by atoms with Gasteiger partial charge < -0.3 is 20.2 Å². The second-order valence-corrected chi connectivity index (χ2v) is 8.67. The van der Waals surface area contributed by atoms with Gasteiger partial charge in [0.05, 0.1) is 19.3 Å². The maximum Gasteiger partial charge on any atom is 0.338 e. The van der Waals surface area contributed by atoms with Crippen molar-refractivity contribution < 1.29 is 23.9 Å². The molecule has 33 heavy (non-hydrogen) atoms. The Morgan fingerprint density at radius 1 is 1.18 bits per heavy atom. The molecular weight excluding hydrogens is 420 g/mol. The van der Waals surface area contributed by atoms with Crippen LogP contribution in [0.25, 0.3) is 10.9 Å². The van der Waals surface area contributed by atoms with Crippen LogP contribution in [-0.2, 0) is 20.7 Å². The lowest BCUT2D eigenvalue weighted by molar-refractivity contribution is -0.142. The van der Waals surface area contributed by atoms with E-state index in [-0.39, 0.29) is 5.97 Å². The molecule has 7 nitrogen and oxygen atoms in total. The third-order valence-corrected chi connectivity index (χ3v) is 6.48. The first-order chi connectivity index (χ1) is 16.0. The minimum atomic E-state index is -0.696. The van der Waals surface area contributed by atoms with Crippen LogP contribution in [0, 0.1) is 5.92 Å². The largest absolute Gasteiger partial charge is 0.468 e. The Labute approximate surface area is 192 Å². The van der Waals surface area contributed by atoms with Gasteiger partial charge in [0, 0.05) is 29.1 Å². The monoisotopic (exact) mass is 448 g/mol. The van der Waals surface area contributed by atoms with E-state index in [9.17, 15) is 14.4 Å². The van der Waals surface area contributed by atoms with E-state index in [1.54, 1.807) is 24.3 Å². The number of fused-ring (bicyclic) bond motifs is 1. The summed E-state index contributed by atoms with van der Waals surface area (Å²) in [6.45, 7) is 0.385. The van der Waals surface area contributed by atoms with Crippen LogP contribution in [0.3, 0.4) is 0 Å². The number of aldehydes is 1. The second kappa shape index (κ2) is 10.0. The molecule has 1 heterocycles. The molecule has 3 atom stereocenters. The van der Waals surface area contributed by atoms with Crippen LogP contribution in [0.4, 0.5) is 0 Å². The van der Waals surface area contributed by atoms with Gasteiger partial charge in [-0.1, -0.05) is 18.2 Å². The van der Waals surface area contributed by atoms with Crippen molar-refractivity contribution in [2.75, 3.05) is 13.7 Å². The van der Waals surface area contributed by atoms with E-state index >= 15 is 0 Å². The number of esters is 2. The summed E-state index contributed by atoms with van der Waals surface area (Å²) in [5.41, 5.74) is 10.2. The van der Waals surface area contributed by atoms with Crippen LogP contribution < -0.4 is 5.73 Å². The average molecular weight is 449 g/mol. The topological polar surface area (TPSA) is 111 Å². The fourth-order valence-electron chi connectivity index (χ4n) is 4.59. The molecule has 1 aromatic heterocycles. The molecule has 0 saturated heterocycles. The first-order valence-corrected chi connectivity index (χ1v) is 11.1. The summed E-state index contributed by atoms with van der Waals surface area (Å²) in [6, 6.07) is 12.1. The van der Waals surface area contributed by atoms with E-state index in [2.05, 4.69) is 23.2 Å². The minimum Gasteiger partial charge on any atom is -0.468 e. The van der Waals surface area contributed by atoms with E-state index in [1.165, 1.54) is 12.7 Å². The molecule has 0 bridgehead atoms. The van der Waals surface area contributed by atoms with Crippen molar-refractivity contribution in [1.82, 2.24) is 4.98 Å². The molecule has 2 unspecified atom stereocenters. The second-order valence-electron chi connectivity index (χ2n) is 8.67. The van der Waals surface area contributed by atoms with Crippen molar-refractivity contribution in [2.45, 2.75) is 37.6 Å². The van der Waals surface area contributed by atoms with Crippen LogP contribution in [0.15, 0.2) is 48.7 Å². The summed E-state index contributed by atoms with van der Waals surface area (Å²) < 4.78 is 10.3. The zero-order chi connectivity index (χ0) is 23.4. The number of hydrogen-bond acceptors (Lipinski definition) is 6. The van der Waals surface area contributed by atoms with Crippen molar-refractivity contribution in [3.63, 3.8) is 0 Å². The van der Waals surface area contributed by atoms with Crippen molar-refractivity contribution in [1.29, 1.82) is 0 Å². The number of methoxy groups -OCH3 is 1. The lowest BCUT2D eigenvalue weighted by atomic mass is 9.94. The van der Waals surface area contributed by atoms with E-state index in [0.717, 1.165) is 42.0 Å². The Hall–Kier alpha value is -3.45. The van der Waals surface area contributed by atoms with Crippen LogP contribution in [0.5, 0.6) is 0 Å². The van der Waals surface area contributed by atoms with Gasteiger partial charge in [-0.15, -0.1) is 0 Å². The number of nitrogens with one attached hydrogen (secondary N) is 1. The van der Waals surface area contributed by atoms with Crippen LogP contribution in [0.1, 0.15) is 57.0 Å². The smallest absolute Gasteiger partial charge is 0.338 e. The highest BCUT2D eigenvalue weighted by molar-refractivity contribution is 5.90. The fourth-order valence-corrected chi connectivity index (χ4v) is 4.59. The first-order valence-electron chi connectivity index (χ1n) is 11.1. The summed E-state index contributed by atoms with van der Waals surface area (Å²) in [6.07, 6.45) is 6.03. The normalized spacial score (nSPS) is 18.7. The van der Waals surface area contributed by atoms with Gasteiger partial charge in [-0.05, 0) is 66.5 Å². The molecular formula is C26H28N2O5. The molecule has 0 aliphatic heterocycles. The van der Waals surface area contributed by atoms with Crippen LogP contribution >= 0.6 is 0 Å². The van der Waals surface area contributed by atoms with Crippen molar-refractivity contribution in [3.8, 4) is 0 Å². The first kappa shape index (κ1) is 22.7. The number of carbonyl (C=O) groups is 3. The number of H-pyrrole nitrogens is 1. The van der Waals surface area contributed by atoms with Gasteiger partial charge in [0.15, 0.2) is 0 Å². The molecule has 3 N–H and O–H groups in total. The van der Waals surface area contributed by atoms with E-state index in [1.807, 2.05) is 6.20 Å². The maximum atomic E-state index is 12.3. The summed E-state index contributed by atoms with van der Waals surface area (Å²) in [5.74, 6) is -0.0889. The minimum absolute atomic E-state index is 0.308. The van der Waals surface area contributed by atoms with Gasteiger partial charge in [0.1, 0.15) is 12.3 Å². The predicted octanol–water partition coefficient (Wildman–Crippen LogP) is 3.76. The van der Waals surface area contributed by atoms with E-state index < -0.39 is 12.0 Å². The number of ether oxygens (including phenoxy) is 2. The van der Waals surface area contributed by atoms with Crippen molar-refractivity contribution in [3.05, 3.63) is 70.9 Å². The lowest BCUT2D eigenvalue weighted by Gasteiger charge is -2.13. The zero-order valence-corrected chi connectivity index (χ0v) is 18.6. The lowest BCUT2D eigenvalue weighted by Crippen LogP contribution is -2.33. The molecule has 1 aliphatic rings. The van der Waals surface area contributed by atoms with E-state index in [4.69, 9.17) is 15.2 Å². The van der Waals surface area contributed by atoms with Gasteiger partial charge in [-0.25, -0.2) is 4.79 Å². The fraction of sp³-hybridized carbons (Fsp3) is 0.346. The van der Waals surface area contributed by atoms with Crippen LogP contribution in [-0.4, -0.2) is 43.0 Å². The molecule has 0 amide bonds. The summed E-state index contributed by atoms with van der Waals surface area (Å²) >= 11 is 0. The number of nitrogens with two attached hydrogens (primary N) is 1. The molecule has 4 rings (SSSR count). The van der Waals surface area contributed by atoms with Crippen molar-refractivity contribution in [2.24, 2.45) is 11.7 Å². The predicted molar refractivity (Wildman–Crippen MR) is 124 cm³/mol. The average Bonchev–Trinajstić information content (AvgIpc) is 3.49. The summed E-state index contributed by atoms with van der Waals surface area (Å²) in [5, 5.41) is 1.07. The highest BCUT2D eigenvalue weighted by atomic mass is 16.5. The Morgan fingerprint density at radius 2 is 1.97 bits per heavy atom. The Bertz CT molecular complexity index is 1150. The number of rotatable bonds is 8. The van der Waals surface area contributed by atoms with Crippen molar-refractivity contribution >= 4 is 29.1 Å². The number of benzene rings is 2. The molecule has 7 heteroatoms.